The minimum atomic E-state index is -5.55. The Morgan fingerprint density at radius 2 is 1.30 bits per heavy atom. The molecule has 0 atom stereocenters. The fourth-order valence-electron chi connectivity index (χ4n) is 1.51. The SMILES string of the molecule is O=C(O)C(=O)c1ccc(C(C(F)(F)F)C(F)(F)F)cc1. The molecule has 1 aromatic carbocycles. The molecule has 0 aliphatic heterocycles. The summed E-state index contributed by atoms with van der Waals surface area (Å²) in [6, 6.07) is 2.08. The molecule has 110 valence electrons. The largest absolute Gasteiger partial charge is 0.475 e. The second kappa shape index (κ2) is 5.14. The number of aliphatic carboxylic acids is 1. The number of carbonyl (C=O) groups is 2. The first-order valence-corrected chi connectivity index (χ1v) is 4.95. The van der Waals surface area contributed by atoms with Crippen LogP contribution in [0.2, 0.25) is 0 Å². The summed E-state index contributed by atoms with van der Waals surface area (Å²) in [6.07, 6.45) is -11.1. The van der Waals surface area contributed by atoms with Gasteiger partial charge in [-0.25, -0.2) is 4.79 Å². The molecule has 20 heavy (non-hydrogen) atoms. The molecule has 0 unspecified atom stereocenters. The number of hydrogen-bond acceptors (Lipinski definition) is 2. The number of alkyl halides is 6. The van der Waals surface area contributed by atoms with E-state index in [9.17, 15) is 35.9 Å². The molecule has 0 aliphatic carbocycles. The fourth-order valence-corrected chi connectivity index (χ4v) is 1.51. The van der Waals surface area contributed by atoms with E-state index in [0.717, 1.165) is 0 Å². The van der Waals surface area contributed by atoms with E-state index in [1.807, 2.05) is 0 Å². The molecule has 0 amide bonds. The predicted octanol–water partition coefficient (Wildman–Crippen LogP) is 3.16. The molecular weight excluding hydrogens is 294 g/mol. The van der Waals surface area contributed by atoms with Crippen LogP contribution in [-0.4, -0.2) is 29.2 Å². The molecule has 0 saturated heterocycles. The first kappa shape index (κ1) is 16.0. The van der Waals surface area contributed by atoms with Crippen LogP contribution in [0.5, 0.6) is 0 Å². The summed E-state index contributed by atoms with van der Waals surface area (Å²) >= 11 is 0. The number of Topliss-reactive ketones (excluding diaryl/α,β-unsaturated/α-hetero) is 1. The summed E-state index contributed by atoms with van der Waals surface area (Å²) in [5, 5.41) is 8.36. The van der Waals surface area contributed by atoms with Crippen molar-refractivity contribution in [2.24, 2.45) is 0 Å². The third-order valence-corrected chi connectivity index (χ3v) is 2.36. The van der Waals surface area contributed by atoms with Crippen LogP contribution in [0.4, 0.5) is 26.3 Å². The van der Waals surface area contributed by atoms with Crippen LogP contribution in [0.3, 0.4) is 0 Å². The summed E-state index contributed by atoms with van der Waals surface area (Å²) in [6.45, 7) is 0. The Kier molecular flexibility index (Phi) is 4.11. The topological polar surface area (TPSA) is 54.4 Å². The zero-order valence-corrected chi connectivity index (χ0v) is 9.42. The third-order valence-electron chi connectivity index (χ3n) is 2.36. The quantitative estimate of drug-likeness (QED) is 0.530. The average molecular weight is 300 g/mol. The smallest absolute Gasteiger partial charge is 0.404 e. The van der Waals surface area contributed by atoms with E-state index in [1.165, 1.54) is 0 Å². The maximum absolute atomic E-state index is 12.4. The molecule has 1 aromatic rings. The zero-order valence-electron chi connectivity index (χ0n) is 9.42. The first-order chi connectivity index (χ1) is 8.94. The Bertz CT molecular complexity index is 500. The van der Waals surface area contributed by atoms with Crippen LogP contribution in [0.15, 0.2) is 24.3 Å². The van der Waals surface area contributed by atoms with Crippen molar-refractivity contribution in [3.8, 4) is 0 Å². The van der Waals surface area contributed by atoms with Gasteiger partial charge in [-0.05, 0) is 5.56 Å². The van der Waals surface area contributed by atoms with E-state index in [0.29, 0.717) is 24.3 Å². The van der Waals surface area contributed by atoms with Gasteiger partial charge in [0.05, 0.1) is 0 Å². The number of ketones is 1. The van der Waals surface area contributed by atoms with Crippen molar-refractivity contribution in [2.75, 3.05) is 0 Å². The van der Waals surface area contributed by atoms with E-state index < -0.39 is 41.1 Å². The Morgan fingerprint density at radius 1 is 0.900 bits per heavy atom. The van der Waals surface area contributed by atoms with Gasteiger partial charge in [-0.2, -0.15) is 26.3 Å². The average Bonchev–Trinajstić information content (AvgIpc) is 2.25. The predicted molar refractivity (Wildman–Crippen MR) is 53.3 cm³/mol. The lowest BCUT2D eigenvalue weighted by Gasteiger charge is -2.23. The van der Waals surface area contributed by atoms with Crippen molar-refractivity contribution >= 4 is 11.8 Å². The van der Waals surface area contributed by atoms with Crippen LogP contribution < -0.4 is 0 Å². The van der Waals surface area contributed by atoms with Crippen molar-refractivity contribution in [1.82, 2.24) is 0 Å². The lowest BCUT2D eigenvalue weighted by molar-refractivity contribution is -0.253. The molecule has 0 radical (unpaired) electrons. The lowest BCUT2D eigenvalue weighted by Crippen LogP contribution is -2.34. The second-order valence-corrected chi connectivity index (χ2v) is 3.77. The van der Waals surface area contributed by atoms with Gasteiger partial charge in [0, 0.05) is 5.56 Å². The Balaban J connectivity index is 3.19. The Labute approximate surface area is 107 Å². The van der Waals surface area contributed by atoms with Crippen molar-refractivity contribution < 1.29 is 41.0 Å². The van der Waals surface area contributed by atoms with Gasteiger partial charge in [0.25, 0.3) is 5.78 Å². The standard InChI is InChI=1S/C11H6F6O3/c12-10(13,14)8(11(15,16)17)6-3-1-5(2-4-6)7(18)9(19)20/h1-4,8H,(H,19,20). The van der Waals surface area contributed by atoms with Gasteiger partial charge in [0.15, 0.2) is 5.92 Å². The third kappa shape index (κ3) is 3.49. The number of carbonyl (C=O) groups excluding carboxylic acids is 1. The normalized spacial score (nSPS) is 12.6. The molecule has 0 aliphatic rings. The van der Waals surface area contributed by atoms with Gasteiger partial charge >= 0.3 is 18.3 Å². The summed E-state index contributed by atoms with van der Waals surface area (Å²) in [4.78, 5) is 21.3. The van der Waals surface area contributed by atoms with E-state index in [-0.39, 0.29) is 0 Å². The fraction of sp³-hybridized carbons (Fsp3) is 0.273. The summed E-state index contributed by atoms with van der Waals surface area (Å²) < 4.78 is 74.4. The monoisotopic (exact) mass is 300 g/mol. The number of halogens is 6. The van der Waals surface area contributed by atoms with E-state index in [1.54, 1.807) is 0 Å². The molecule has 0 spiro atoms. The Hall–Kier alpha value is -2.06. The Morgan fingerprint density at radius 3 is 1.60 bits per heavy atom. The highest BCUT2D eigenvalue weighted by Crippen LogP contribution is 2.46. The van der Waals surface area contributed by atoms with E-state index >= 15 is 0 Å². The molecule has 0 aromatic heterocycles. The van der Waals surface area contributed by atoms with Crippen LogP contribution >= 0.6 is 0 Å². The van der Waals surface area contributed by atoms with Crippen molar-refractivity contribution in [3.63, 3.8) is 0 Å². The van der Waals surface area contributed by atoms with Crippen LogP contribution in [0, 0.1) is 0 Å². The molecular formula is C11H6F6O3. The molecule has 9 heteroatoms. The molecule has 1 rings (SSSR count). The van der Waals surface area contributed by atoms with E-state index in [4.69, 9.17) is 5.11 Å². The van der Waals surface area contributed by atoms with Gasteiger partial charge in [-0.1, -0.05) is 24.3 Å². The van der Waals surface area contributed by atoms with Crippen LogP contribution in [0.25, 0.3) is 0 Å². The molecule has 0 saturated carbocycles. The number of rotatable bonds is 3. The maximum atomic E-state index is 12.4. The van der Waals surface area contributed by atoms with Gasteiger partial charge < -0.3 is 5.11 Å². The second-order valence-electron chi connectivity index (χ2n) is 3.77. The number of hydrogen-bond donors (Lipinski definition) is 1. The minimum Gasteiger partial charge on any atom is -0.475 e. The van der Waals surface area contributed by atoms with Crippen molar-refractivity contribution in [1.29, 1.82) is 0 Å². The van der Waals surface area contributed by atoms with Crippen LogP contribution in [0.1, 0.15) is 21.8 Å². The molecule has 1 N–H and O–H groups in total. The molecule has 0 heterocycles. The van der Waals surface area contributed by atoms with Crippen LogP contribution in [-0.2, 0) is 4.79 Å². The maximum Gasteiger partial charge on any atom is 0.404 e. The number of carboxylic acid groups (broad SMARTS) is 1. The molecule has 0 bridgehead atoms. The summed E-state index contributed by atoms with van der Waals surface area (Å²) in [5.74, 6) is -6.97. The highest BCUT2D eigenvalue weighted by Gasteiger charge is 2.57. The summed E-state index contributed by atoms with van der Waals surface area (Å²) in [7, 11) is 0. The van der Waals surface area contributed by atoms with Crippen molar-refractivity contribution in [3.05, 3.63) is 35.4 Å². The van der Waals surface area contributed by atoms with Gasteiger partial charge in [0.1, 0.15) is 0 Å². The zero-order chi connectivity index (χ0) is 15.7. The highest BCUT2D eigenvalue weighted by molar-refractivity contribution is 6.39. The van der Waals surface area contributed by atoms with Gasteiger partial charge in [0.2, 0.25) is 0 Å². The molecule has 3 nitrogen and oxygen atoms in total. The summed E-state index contributed by atoms with van der Waals surface area (Å²) in [5.41, 5.74) is -1.63. The number of carboxylic acids is 1. The van der Waals surface area contributed by atoms with Gasteiger partial charge in [-0.15, -0.1) is 0 Å². The molecule has 0 fully saturated rings. The van der Waals surface area contributed by atoms with Gasteiger partial charge in [-0.3, -0.25) is 4.79 Å². The van der Waals surface area contributed by atoms with Crippen molar-refractivity contribution in [2.45, 2.75) is 18.3 Å². The first-order valence-electron chi connectivity index (χ1n) is 4.95. The van der Waals surface area contributed by atoms with E-state index in [2.05, 4.69) is 0 Å². The lowest BCUT2D eigenvalue weighted by atomic mass is 9.96. The minimum absolute atomic E-state index is 0.432. The highest BCUT2D eigenvalue weighted by atomic mass is 19.4. The number of benzene rings is 1.